The van der Waals surface area contributed by atoms with Crippen LogP contribution in [0.2, 0.25) is 0 Å². The minimum absolute atomic E-state index is 0.110. The molecule has 144 valence electrons. The number of anilines is 2. The maximum atomic E-state index is 14.4. The first-order valence-corrected chi connectivity index (χ1v) is 8.06. The monoisotopic (exact) mass is 384 g/mol. The van der Waals surface area contributed by atoms with Crippen molar-refractivity contribution in [1.82, 2.24) is 9.97 Å². The Balaban J connectivity index is 2.14. The number of hydrogen-bond acceptors (Lipinski definition) is 6. The third kappa shape index (κ3) is 3.85. The number of benzene rings is 1. The third-order valence-corrected chi connectivity index (χ3v) is 4.11. The van der Waals surface area contributed by atoms with E-state index in [4.69, 9.17) is 10.5 Å². The van der Waals surface area contributed by atoms with Gasteiger partial charge in [0.25, 0.3) is 0 Å². The summed E-state index contributed by atoms with van der Waals surface area (Å²) in [7, 11) is 0. The first-order chi connectivity index (χ1) is 12.7. The van der Waals surface area contributed by atoms with E-state index in [2.05, 4.69) is 9.97 Å². The van der Waals surface area contributed by atoms with E-state index in [1.54, 1.807) is 4.90 Å². The van der Waals surface area contributed by atoms with Crippen LogP contribution in [-0.2, 0) is 10.9 Å². The molecule has 2 N–H and O–H groups in total. The maximum absolute atomic E-state index is 14.4. The largest absolute Gasteiger partial charge is 0.416 e. The zero-order valence-corrected chi connectivity index (χ0v) is 14.3. The van der Waals surface area contributed by atoms with Crippen LogP contribution < -0.4 is 10.6 Å². The van der Waals surface area contributed by atoms with E-state index >= 15 is 0 Å². The molecule has 0 bridgehead atoms. The number of hydrogen-bond donors (Lipinski definition) is 1. The highest BCUT2D eigenvalue weighted by Crippen LogP contribution is 2.35. The van der Waals surface area contributed by atoms with Crippen molar-refractivity contribution in [2.45, 2.75) is 13.1 Å². The number of carbonyl (C=O) groups is 1. The molecule has 1 aromatic heterocycles. The van der Waals surface area contributed by atoms with E-state index in [1.165, 1.54) is 6.92 Å². The van der Waals surface area contributed by atoms with Crippen molar-refractivity contribution < 1.29 is 27.1 Å². The average molecular weight is 384 g/mol. The van der Waals surface area contributed by atoms with Crippen LogP contribution in [0.3, 0.4) is 0 Å². The van der Waals surface area contributed by atoms with Crippen molar-refractivity contribution in [3.05, 3.63) is 35.3 Å². The Morgan fingerprint density at radius 3 is 2.44 bits per heavy atom. The Bertz CT molecular complexity index is 880. The predicted octanol–water partition coefficient (Wildman–Crippen LogP) is 2.92. The number of rotatable bonds is 3. The Morgan fingerprint density at radius 1 is 1.22 bits per heavy atom. The van der Waals surface area contributed by atoms with Crippen molar-refractivity contribution in [3.63, 3.8) is 0 Å². The molecule has 1 aliphatic rings. The molecule has 6 nitrogen and oxygen atoms in total. The zero-order chi connectivity index (χ0) is 19.8. The molecular weight excluding hydrogens is 368 g/mol. The Morgan fingerprint density at radius 2 is 1.89 bits per heavy atom. The second-order valence-corrected chi connectivity index (χ2v) is 5.98. The van der Waals surface area contributed by atoms with Gasteiger partial charge in [0.15, 0.2) is 5.78 Å². The summed E-state index contributed by atoms with van der Waals surface area (Å²) in [6, 6.07) is 2.06. The van der Waals surface area contributed by atoms with Crippen LogP contribution in [0, 0.1) is 5.82 Å². The van der Waals surface area contributed by atoms with E-state index in [9.17, 15) is 22.4 Å². The molecule has 1 aromatic carbocycles. The maximum Gasteiger partial charge on any atom is 0.416 e. The van der Waals surface area contributed by atoms with Crippen molar-refractivity contribution in [1.29, 1.82) is 0 Å². The summed E-state index contributed by atoms with van der Waals surface area (Å²) in [6.07, 6.45) is -4.68. The van der Waals surface area contributed by atoms with Crippen molar-refractivity contribution >= 4 is 17.4 Å². The number of halogens is 4. The van der Waals surface area contributed by atoms with Crippen LogP contribution in [0.4, 0.5) is 29.2 Å². The minimum Gasteiger partial charge on any atom is -0.395 e. The van der Waals surface area contributed by atoms with Crippen LogP contribution in [0.1, 0.15) is 23.0 Å². The molecule has 3 rings (SSSR count). The highest BCUT2D eigenvalue weighted by Gasteiger charge is 2.32. The van der Waals surface area contributed by atoms with E-state index in [1.807, 2.05) is 0 Å². The number of alkyl halides is 3. The van der Waals surface area contributed by atoms with Gasteiger partial charge >= 0.3 is 6.18 Å². The van der Waals surface area contributed by atoms with E-state index < -0.39 is 23.3 Å². The fourth-order valence-corrected chi connectivity index (χ4v) is 2.72. The molecule has 0 radical (unpaired) electrons. The quantitative estimate of drug-likeness (QED) is 0.647. The van der Waals surface area contributed by atoms with Crippen molar-refractivity contribution in [2.24, 2.45) is 0 Å². The number of carbonyl (C=O) groups excluding carboxylic acids is 1. The predicted molar refractivity (Wildman–Crippen MR) is 89.9 cm³/mol. The van der Waals surface area contributed by atoms with E-state index in [0.717, 1.165) is 12.1 Å². The second kappa shape index (κ2) is 7.10. The molecule has 1 aliphatic heterocycles. The van der Waals surface area contributed by atoms with Gasteiger partial charge in [-0.05, 0) is 18.2 Å². The molecule has 10 heteroatoms. The van der Waals surface area contributed by atoms with Crippen molar-refractivity contribution in [3.8, 4) is 11.3 Å². The topological polar surface area (TPSA) is 81.3 Å². The molecule has 0 unspecified atom stereocenters. The first-order valence-electron chi connectivity index (χ1n) is 8.06. The van der Waals surface area contributed by atoms with Gasteiger partial charge in [0.2, 0.25) is 5.95 Å². The van der Waals surface area contributed by atoms with Gasteiger partial charge in [-0.1, -0.05) is 0 Å². The number of ether oxygens (including phenoxy) is 1. The van der Waals surface area contributed by atoms with Gasteiger partial charge in [-0.2, -0.15) is 13.2 Å². The van der Waals surface area contributed by atoms with Gasteiger partial charge < -0.3 is 15.4 Å². The number of ketones is 1. The van der Waals surface area contributed by atoms with Gasteiger partial charge in [0.05, 0.1) is 24.5 Å². The van der Waals surface area contributed by atoms with Crippen LogP contribution in [0.25, 0.3) is 11.3 Å². The Kier molecular flexibility index (Phi) is 5.01. The number of nitrogen functional groups attached to an aromatic ring is 1. The number of nitrogens with two attached hydrogens (primary N) is 1. The summed E-state index contributed by atoms with van der Waals surface area (Å²) in [5, 5.41) is 0. The van der Waals surface area contributed by atoms with Crippen LogP contribution in [0.5, 0.6) is 0 Å². The Labute approximate surface area is 152 Å². The average Bonchev–Trinajstić information content (AvgIpc) is 2.62. The van der Waals surface area contributed by atoms with Crippen LogP contribution >= 0.6 is 0 Å². The fraction of sp³-hybridized carbons (Fsp3) is 0.353. The minimum atomic E-state index is -4.68. The lowest BCUT2D eigenvalue weighted by Gasteiger charge is -2.27. The molecular formula is C17H16F4N4O2. The molecule has 1 saturated heterocycles. The standard InChI is InChI=1S/C17H16F4N4O2/c1-9(26)14-13(22)15(24-16(23-14)25-4-6-27-7-5-25)11-3-2-10(8-12(11)18)17(19,20)21/h2-3,8H,4-7,22H2,1H3. The molecule has 2 aromatic rings. The van der Waals surface area contributed by atoms with E-state index in [0.29, 0.717) is 32.4 Å². The first kappa shape index (κ1) is 19.0. The number of aromatic nitrogens is 2. The number of nitrogens with zero attached hydrogens (tertiary/aromatic N) is 3. The molecule has 0 saturated carbocycles. The van der Waals surface area contributed by atoms with Gasteiger partial charge in [-0.3, -0.25) is 4.79 Å². The molecule has 27 heavy (non-hydrogen) atoms. The van der Waals surface area contributed by atoms with Gasteiger partial charge in [0.1, 0.15) is 17.2 Å². The summed E-state index contributed by atoms with van der Waals surface area (Å²) in [5.74, 6) is -1.46. The SMILES string of the molecule is CC(=O)c1nc(N2CCOCC2)nc(-c2ccc(C(F)(F)F)cc2F)c1N. The molecule has 0 atom stereocenters. The van der Waals surface area contributed by atoms with Crippen LogP contribution in [0.15, 0.2) is 18.2 Å². The number of morpholine rings is 1. The smallest absolute Gasteiger partial charge is 0.395 e. The molecule has 2 heterocycles. The zero-order valence-electron chi connectivity index (χ0n) is 14.3. The molecule has 0 amide bonds. The van der Waals surface area contributed by atoms with Gasteiger partial charge in [0, 0.05) is 25.6 Å². The van der Waals surface area contributed by atoms with Crippen molar-refractivity contribution in [2.75, 3.05) is 36.9 Å². The van der Waals surface area contributed by atoms with Crippen LogP contribution in [-0.4, -0.2) is 42.1 Å². The van der Waals surface area contributed by atoms with E-state index in [-0.39, 0.29) is 28.6 Å². The fourth-order valence-electron chi connectivity index (χ4n) is 2.72. The molecule has 1 fully saturated rings. The normalized spacial score (nSPS) is 15.1. The highest BCUT2D eigenvalue weighted by molar-refractivity contribution is 6.00. The summed E-state index contributed by atoms with van der Waals surface area (Å²) in [5.41, 5.74) is 4.15. The molecule has 0 spiro atoms. The van der Waals surface area contributed by atoms with Gasteiger partial charge in [-0.25, -0.2) is 14.4 Å². The summed E-state index contributed by atoms with van der Waals surface area (Å²) in [4.78, 5) is 22.0. The lowest BCUT2D eigenvalue weighted by Crippen LogP contribution is -2.37. The summed E-state index contributed by atoms with van der Waals surface area (Å²) >= 11 is 0. The highest BCUT2D eigenvalue weighted by atomic mass is 19.4. The summed E-state index contributed by atoms with van der Waals surface area (Å²) in [6.45, 7) is 3.00. The summed E-state index contributed by atoms with van der Waals surface area (Å²) < 4.78 is 58.0. The molecule has 0 aliphatic carbocycles. The second-order valence-electron chi connectivity index (χ2n) is 5.98. The number of Topliss-reactive ketones (excluding diaryl/α,β-unsaturated/α-hetero) is 1. The third-order valence-electron chi connectivity index (χ3n) is 4.11. The lowest BCUT2D eigenvalue weighted by atomic mass is 10.0. The Hall–Kier alpha value is -2.75. The van der Waals surface area contributed by atoms with Gasteiger partial charge in [-0.15, -0.1) is 0 Å². The lowest BCUT2D eigenvalue weighted by molar-refractivity contribution is -0.137.